The van der Waals surface area contributed by atoms with Crippen molar-refractivity contribution in [2.24, 2.45) is 5.92 Å². The lowest BCUT2D eigenvalue weighted by Crippen LogP contribution is -2.38. The molecule has 2 aliphatic heterocycles. The molecule has 0 bridgehead atoms. The zero-order valence-corrected chi connectivity index (χ0v) is 19.6. The van der Waals surface area contributed by atoms with E-state index in [1.807, 2.05) is 17.0 Å². The van der Waals surface area contributed by atoms with Gasteiger partial charge in [0.2, 0.25) is 5.78 Å². The third-order valence-corrected chi connectivity index (χ3v) is 7.71. The number of carbonyl (C=O) groups is 3. The maximum Gasteiger partial charge on any atom is 0.295 e. The average molecular weight is 480 g/mol. The molecule has 1 aromatic heterocycles. The molecule has 1 N–H and O–H groups in total. The number of likely N-dealkylation sites (tertiary alicyclic amines) is 1. The minimum atomic E-state index is -0.536. The highest BCUT2D eigenvalue weighted by molar-refractivity contribution is 7.99. The van der Waals surface area contributed by atoms with Gasteiger partial charge in [-0.15, -0.1) is 11.8 Å². The van der Waals surface area contributed by atoms with E-state index in [-0.39, 0.29) is 11.7 Å². The van der Waals surface area contributed by atoms with Crippen molar-refractivity contribution < 1.29 is 18.8 Å². The average Bonchev–Trinajstić information content (AvgIpc) is 3.55. The number of hydrogen-bond acceptors (Lipinski definition) is 4. The summed E-state index contributed by atoms with van der Waals surface area (Å²) < 4.78 is 13.1. The molecule has 2 aromatic carbocycles. The molecule has 2 aliphatic rings. The molecule has 0 spiro atoms. The van der Waals surface area contributed by atoms with Crippen molar-refractivity contribution in [1.82, 2.24) is 14.8 Å². The first-order valence-electron chi connectivity index (χ1n) is 11.6. The molecule has 6 nitrogen and oxygen atoms in total. The molecule has 3 heterocycles. The number of amides is 2. The van der Waals surface area contributed by atoms with Crippen molar-refractivity contribution in [1.29, 1.82) is 0 Å². The second-order valence-corrected chi connectivity index (χ2v) is 10.0. The van der Waals surface area contributed by atoms with Gasteiger partial charge in [0.1, 0.15) is 5.82 Å². The fourth-order valence-corrected chi connectivity index (χ4v) is 5.69. The van der Waals surface area contributed by atoms with Gasteiger partial charge in [-0.1, -0.05) is 12.1 Å². The monoisotopic (exact) mass is 479 g/mol. The third kappa shape index (κ3) is 4.59. The number of piperidine rings is 1. The Morgan fingerprint density at radius 1 is 1.00 bits per heavy atom. The first-order chi connectivity index (χ1) is 16.5. The summed E-state index contributed by atoms with van der Waals surface area (Å²) in [6.45, 7) is 1.89. The van der Waals surface area contributed by atoms with E-state index < -0.39 is 11.7 Å². The zero-order chi connectivity index (χ0) is 23.7. The topological polar surface area (TPSA) is 73.5 Å². The lowest BCUT2D eigenvalue weighted by Gasteiger charge is -2.32. The van der Waals surface area contributed by atoms with Gasteiger partial charge in [0.05, 0.1) is 11.4 Å². The summed E-state index contributed by atoms with van der Waals surface area (Å²) >= 11 is 1.63. The molecular formula is C26H26FN3O3S. The van der Waals surface area contributed by atoms with Crippen LogP contribution in [0.3, 0.4) is 0 Å². The van der Waals surface area contributed by atoms with E-state index >= 15 is 0 Å². The number of halogens is 1. The highest BCUT2D eigenvalue weighted by Gasteiger charge is 2.28. The predicted molar refractivity (Wildman–Crippen MR) is 130 cm³/mol. The van der Waals surface area contributed by atoms with E-state index in [0.717, 1.165) is 36.1 Å². The summed E-state index contributed by atoms with van der Waals surface area (Å²) in [5.41, 5.74) is 2.70. The van der Waals surface area contributed by atoms with Crippen molar-refractivity contribution in [2.75, 3.05) is 31.3 Å². The Hall–Kier alpha value is -3.13. The number of Topliss-reactive ketones (excluding diaryl/α,β-unsaturated/α-hetero) is 1. The maximum atomic E-state index is 13.3. The van der Waals surface area contributed by atoms with Crippen molar-refractivity contribution >= 4 is 40.3 Å². The van der Waals surface area contributed by atoms with Crippen LogP contribution in [-0.4, -0.2) is 63.6 Å². The molecule has 2 amide bonds. The number of nitrogens with zero attached hydrogens (tertiary/aromatic N) is 2. The Labute approximate surface area is 201 Å². The van der Waals surface area contributed by atoms with Crippen molar-refractivity contribution in [3.05, 3.63) is 71.2 Å². The van der Waals surface area contributed by atoms with Crippen LogP contribution >= 0.6 is 11.8 Å². The number of aromatic amines is 1. The van der Waals surface area contributed by atoms with Crippen LogP contribution in [0.1, 0.15) is 39.1 Å². The van der Waals surface area contributed by atoms with Gasteiger partial charge in [-0.25, -0.2) is 4.39 Å². The molecule has 0 saturated carbocycles. The molecular weight excluding hydrogens is 453 g/mol. The first kappa shape index (κ1) is 22.7. The number of hydrogen-bond donors (Lipinski definition) is 1. The minimum absolute atomic E-state index is 0.0710. The molecule has 2 fully saturated rings. The zero-order valence-electron chi connectivity index (χ0n) is 18.8. The standard InChI is InChI=1S/C26H26FN3O3S/c27-20-4-1-17(2-5-20)13-18-7-9-29(10-8-18)25(32)22-15-28-23-6-3-19(14-21(22)23)24(31)26(33)30-11-12-34-16-30/h1-6,14-15,18,28H,7-13,16H2. The van der Waals surface area contributed by atoms with E-state index in [9.17, 15) is 18.8 Å². The van der Waals surface area contributed by atoms with E-state index in [4.69, 9.17) is 0 Å². The fourth-order valence-electron chi connectivity index (χ4n) is 4.74. The smallest absolute Gasteiger partial charge is 0.295 e. The number of ketones is 1. The molecule has 2 saturated heterocycles. The summed E-state index contributed by atoms with van der Waals surface area (Å²) in [4.78, 5) is 45.1. The quantitative estimate of drug-likeness (QED) is 0.441. The van der Waals surface area contributed by atoms with Crippen molar-refractivity contribution in [3.8, 4) is 0 Å². The largest absolute Gasteiger partial charge is 0.360 e. The Morgan fingerprint density at radius 2 is 1.76 bits per heavy atom. The molecule has 5 rings (SSSR count). The lowest BCUT2D eigenvalue weighted by molar-refractivity contribution is -0.125. The first-order valence-corrected chi connectivity index (χ1v) is 12.7. The predicted octanol–water partition coefficient (Wildman–Crippen LogP) is 4.12. The van der Waals surface area contributed by atoms with Crippen LogP contribution in [0.5, 0.6) is 0 Å². The molecule has 0 atom stereocenters. The Morgan fingerprint density at radius 3 is 2.47 bits per heavy atom. The Balaban J connectivity index is 1.27. The van der Waals surface area contributed by atoms with E-state index in [1.165, 1.54) is 12.1 Å². The molecule has 3 aromatic rings. The van der Waals surface area contributed by atoms with Crippen LogP contribution in [-0.2, 0) is 11.2 Å². The van der Waals surface area contributed by atoms with Crippen LogP contribution in [0.4, 0.5) is 4.39 Å². The van der Waals surface area contributed by atoms with Gasteiger partial charge >= 0.3 is 0 Å². The summed E-state index contributed by atoms with van der Waals surface area (Å²) in [5, 5.41) is 0.660. The van der Waals surface area contributed by atoms with E-state index in [2.05, 4.69) is 4.98 Å². The molecule has 8 heteroatoms. The normalized spacial score (nSPS) is 16.9. The number of nitrogens with one attached hydrogen (secondary N) is 1. The van der Waals surface area contributed by atoms with Crippen molar-refractivity contribution in [2.45, 2.75) is 19.3 Å². The number of benzene rings is 2. The van der Waals surface area contributed by atoms with Gasteiger partial charge in [0.15, 0.2) is 0 Å². The van der Waals surface area contributed by atoms with Crippen LogP contribution in [0.25, 0.3) is 10.9 Å². The molecule has 34 heavy (non-hydrogen) atoms. The Kier molecular flexibility index (Phi) is 6.41. The second kappa shape index (κ2) is 9.62. The van der Waals surface area contributed by atoms with Gasteiger partial charge in [-0.3, -0.25) is 14.4 Å². The Bertz CT molecular complexity index is 1230. The van der Waals surface area contributed by atoms with Gasteiger partial charge in [0.25, 0.3) is 11.8 Å². The second-order valence-electron chi connectivity index (χ2n) is 8.96. The summed E-state index contributed by atoms with van der Waals surface area (Å²) in [7, 11) is 0. The molecule has 0 radical (unpaired) electrons. The van der Waals surface area contributed by atoms with Gasteiger partial charge in [-0.2, -0.15) is 0 Å². The highest BCUT2D eigenvalue weighted by Crippen LogP contribution is 2.26. The lowest BCUT2D eigenvalue weighted by atomic mass is 9.90. The summed E-state index contributed by atoms with van der Waals surface area (Å²) in [6.07, 6.45) is 4.34. The number of fused-ring (bicyclic) bond motifs is 1. The highest BCUT2D eigenvalue weighted by atomic mass is 32.2. The third-order valence-electron chi connectivity index (χ3n) is 6.75. The van der Waals surface area contributed by atoms with Crippen LogP contribution in [0, 0.1) is 11.7 Å². The number of thioether (sulfide) groups is 1. The minimum Gasteiger partial charge on any atom is -0.360 e. The van der Waals surface area contributed by atoms with Crippen LogP contribution < -0.4 is 0 Å². The van der Waals surface area contributed by atoms with Crippen LogP contribution in [0.15, 0.2) is 48.7 Å². The summed E-state index contributed by atoms with van der Waals surface area (Å²) in [6, 6.07) is 11.7. The van der Waals surface area contributed by atoms with Gasteiger partial charge in [-0.05, 0) is 61.1 Å². The maximum absolute atomic E-state index is 13.3. The number of carbonyl (C=O) groups excluding carboxylic acids is 3. The number of aromatic nitrogens is 1. The van der Waals surface area contributed by atoms with Crippen molar-refractivity contribution in [3.63, 3.8) is 0 Å². The van der Waals surface area contributed by atoms with E-state index in [1.54, 1.807) is 41.1 Å². The van der Waals surface area contributed by atoms with Crippen LogP contribution in [0.2, 0.25) is 0 Å². The fraction of sp³-hybridized carbons (Fsp3) is 0.346. The van der Waals surface area contributed by atoms with Gasteiger partial charge < -0.3 is 14.8 Å². The van der Waals surface area contributed by atoms with E-state index in [0.29, 0.717) is 47.9 Å². The van der Waals surface area contributed by atoms with Gasteiger partial charge in [0, 0.05) is 48.1 Å². The molecule has 0 aliphatic carbocycles. The SMILES string of the molecule is O=C(C(=O)N1CCSC1)c1ccc2[nH]cc(C(=O)N3CCC(Cc4ccc(F)cc4)CC3)c2c1. The molecule has 176 valence electrons. The summed E-state index contributed by atoms with van der Waals surface area (Å²) in [5.74, 6) is 0.510. The molecule has 0 unspecified atom stereocenters. The number of rotatable bonds is 5. The number of H-pyrrole nitrogens is 1.